The van der Waals surface area contributed by atoms with Gasteiger partial charge in [-0.2, -0.15) is 18.4 Å². The molecular weight excluding hydrogens is 327 g/mol. The Morgan fingerprint density at radius 3 is 2.50 bits per heavy atom. The second-order valence-corrected chi connectivity index (χ2v) is 5.52. The standard InChI is InChI=1S/C15H14F3N3O3/c16-15(17,18)10-5-6-12(13(9-10)21(23)24)14(22)20(8-7-19)11-3-1-2-4-11/h5-6,9,11H,1-4,8H2. The highest BCUT2D eigenvalue weighted by Crippen LogP contribution is 2.34. The predicted molar refractivity (Wildman–Crippen MR) is 77.0 cm³/mol. The molecule has 0 unspecified atom stereocenters. The van der Waals surface area contributed by atoms with Crippen molar-refractivity contribution in [3.05, 3.63) is 39.4 Å². The van der Waals surface area contributed by atoms with Crippen LogP contribution < -0.4 is 0 Å². The molecule has 2 rings (SSSR count). The summed E-state index contributed by atoms with van der Waals surface area (Å²) in [6.45, 7) is -0.262. The molecule has 1 amide bonds. The first-order chi connectivity index (χ1) is 11.3. The number of amides is 1. The number of alkyl halides is 3. The van der Waals surface area contributed by atoms with E-state index in [-0.39, 0.29) is 12.6 Å². The van der Waals surface area contributed by atoms with Crippen LogP contribution in [-0.4, -0.2) is 28.3 Å². The van der Waals surface area contributed by atoms with Gasteiger partial charge in [0.05, 0.1) is 16.6 Å². The number of carbonyl (C=O) groups is 1. The summed E-state index contributed by atoms with van der Waals surface area (Å²) in [5.41, 5.74) is -2.54. The first-order valence-corrected chi connectivity index (χ1v) is 7.29. The molecule has 0 heterocycles. The van der Waals surface area contributed by atoms with Crippen LogP contribution in [0.25, 0.3) is 0 Å². The third-order valence-electron chi connectivity index (χ3n) is 4.02. The van der Waals surface area contributed by atoms with Crippen LogP contribution in [0.5, 0.6) is 0 Å². The van der Waals surface area contributed by atoms with Gasteiger partial charge < -0.3 is 4.90 Å². The van der Waals surface area contributed by atoms with E-state index in [9.17, 15) is 28.1 Å². The lowest BCUT2D eigenvalue weighted by atomic mass is 10.1. The lowest BCUT2D eigenvalue weighted by Gasteiger charge is -2.26. The molecule has 0 aromatic heterocycles. The van der Waals surface area contributed by atoms with Gasteiger partial charge in [-0.25, -0.2) is 0 Å². The molecule has 9 heteroatoms. The zero-order valence-electron chi connectivity index (χ0n) is 12.5. The minimum Gasteiger partial charge on any atom is -0.322 e. The molecule has 0 radical (unpaired) electrons. The Bertz CT molecular complexity index is 691. The summed E-state index contributed by atoms with van der Waals surface area (Å²) < 4.78 is 38.2. The molecule has 6 nitrogen and oxygen atoms in total. The number of nitriles is 1. The number of carbonyl (C=O) groups excluding carboxylic acids is 1. The molecule has 0 atom stereocenters. The van der Waals surface area contributed by atoms with Crippen LogP contribution in [0.1, 0.15) is 41.6 Å². The lowest BCUT2D eigenvalue weighted by molar-refractivity contribution is -0.385. The number of hydrogen-bond acceptors (Lipinski definition) is 4. The van der Waals surface area contributed by atoms with Crippen molar-refractivity contribution in [1.29, 1.82) is 5.26 Å². The Labute approximate surface area is 135 Å². The van der Waals surface area contributed by atoms with Gasteiger partial charge in [-0.1, -0.05) is 12.8 Å². The van der Waals surface area contributed by atoms with Crippen LogP contribution in [0.4, 0.5) is 18.9 Å². The highest BCUT2D eigenvalue weighted by atomic mass is 19.4. The minimum atomic E-state index is -4.75. The summed E-state index contributed by atoms with van der Waals surface area (Å²) in [5, 5.41) is 20.0. The van der Waals surface area contributed by atoms with E-state index in [0.717, 1.165) is 18.9 Å². The monoisotopic (exact) mass is 341 g/mol. The highest BCUT2D eigenvalue weighted by molar-refractivity contribution is 5.98. The molecule has 1 aliphatic carbocycles. The summed E-state index contributed by atoms with van der Waals surface area (Å²) in [6.07, 6.45) is -1.67. The molecule has 1 fully saturated rings. The van der Waals surface area contributed by atoms with E-state index in [1.807, 2.05) is 6.07 Å². The van der Waals surface area contributed by atoms with Crippen molar-refractivity contribution >= 4 is 11.6 Å². The molecule has 0 spiro atoms. The molecule has 1 aliphatic rings. The first-order valence-electron chi connectivity index (χ1n) is 7.29. The van der Waals surface area contributed by atoms with Gasteiger partial charge in [-0.3, -0.25) is 14.9 Å². The fourth-order valence-electron chi connectivity index (χ4n) is 2.85. The quantitative estimate of drug-likeness (QED) is 0.476. The van der Waals surface area contributed by atoms with Crippen molar-refractivity contribution in [2.45, 2.75) is 37.9 Å². The van der Waals surface area contributed by atoms with Crippen molar-refractivity contribution in [2.24, 2.45) is 0 Å². The van der Waals surface area contributed by atoms with Gasteiger partial charge in [0.15, 0.2) is 0 Å². The molecular formula is C15H14F3N3O3. The van der Waals surface area contributed by atoms with E-state index in [1.165, 1.54) is 4.90 Å². The fourth-order valence-corrected chi connectivity index (χ4v) is 2.85. The molecule has 1 saturated carbocycles. The summed E-state index contributed by atoms with van der Waals surface area (Å²) in [5.74, 6) is -0.788. The van der Waals surface area contributed by atoms with Gasteiger partial charge >= 0.3 is 6.18 Å². The third-order valence-corrected chi connectivity index (χ3v) is 4.02. The second-order valence-electron chi connectivity index (χ2n) is 5.52. The molecule has 1 aromatic rings. The largest absolute Gasteiger partial charge is 0.416 e. The molecule has 0 N–H and O–H groups in total. The van der Waals surface area contributed by atoms with E-state index in [0.29, 0.717) is 25.0 Å². The molecule has 1 aromatic carbocycles. The minimum absolute atomic E-state index is 0.223. The summed E-state index contributed by atoms with van der Waals surface area (Å²) >= 11 is 0. The number of nitro benzene ring substituents is 1. The summed E-state index contributed by atoms with van der Waals surface area (Å²) in [4.78, 5) is 23.9. The number of nitro groups is 1. The maximum Gasteiger partial charge on any atom is 0.416 e. The summed E-state index contributed by atoms with van der Waals surface area (Å²) in [6, 6.07) is 3.41. The second kappa shape index (κ2) is 6.86. The fraction of sp³-hybridized carbons (Fsp3) is 0.467. The number of rotatable bonds is 4. The number of halogens is 3. The van der Waals surface area contributed by atoms with Gasteiger partial charge in [-0.15, -0.1) is 0 Å². The zero-order valence-corrected chi connectivity index (χ0v) is 12.5. The zero-order chi connectivity index (χ0) is 17.9. The molecule has 0 saturated heterocycles. The van der Waals surface area contributed by atoms with Gasteiger partial charge in [-0.05, 0) is 25.0 Å². The van der Waals surface area contributed by atoms with E-state index < -0.39 is 33.8 Å². The van der Waals surface area contributed by atoms with Crippen molar-refractivity contribution in [3.63, 3.8) is 0 Å². The topological polar surface area (TPSA) is 87.2 Å². The number of benzene rings is 1. The van der Waals surface area contributed by atoms with Crippen LogP contribution in [0.15, 0.2) is 18.2 Å². The van der Waals surface area contributed by atoms with Crippen LogP contribution in [0.2, 0.25) is 0 Å². The Hall–Kier alpha value is -2.63. The van der Waals surface area contributed by atoms with E-state index in [4.69, 9.17) is 5.26 Å². The Balaban J connectivity index is 2.43. The van der Waals surface area contributed by atoms with Crippen LogP contribution in [0.3, 0.4) is 0 Å². The molecule has 0 bridgehead atoms. The predicted octanol–water partition coefficient (Wildman–Crippen LogP) is 3.52. The van der Waals surface area contributed by atoms with E-state index in [2.05, 4.69) is 0 Å². The van der Waals surface area contributed by atoms with Gasteiger partial charge in [0.25, 0.3) is 11.6 Å². The van der Waals surface area contributed by atoms with Crippen molar-refractivity contribution in [3.8, 4) is 6.07 Å². The number of hydrogen-bond donors (Lipinski definition) is 0. The highest BCUT2D eigenvalue weighted by Gasteiger charge is 2.36. The normalized spacial score (nSPS) is 15.1. The Morgan fingerprint density at radius 1 is 1.38 bits per heavy atom. The van der Waals surface area contributed by atoms with Gasteiger partial charge in [0.2, 0.25) is 0 Å². The maximum absolute atomic E-state index is 12.7. The van der Waals surface area contributed by atoms with Crippen molar-refractivity contribution in [2.75, 3.05) is 6.54 Å². The van der Waals surface area contributed by atoms with Gasteiger partial charge in [0.1, 0.15) is 12.1 Å². The number of nitrogens with zero attached hydrogens (tertiary/aromatic N) is 3. The average molecular weight is 341 g/mol. The average Bonchev–Trinajstić information content (AvgIpc) is 3.04. The molecule has 24 heavy (non-hydrogen) atoms. The SMILES string of the molecule is N#CCN(C(=O)c1ccc(C(F)(F)F)cc1[N+](=O)[O-])C1CCCC1. The smallest absolute Gasteiger partial charge is 0.322 e. The van der Waals surface area contributed by atoms with Crippen LogP contribution >= 0.6 is 0 Å². The van der Waals surface area contributed by atoms with E-state index in [1.54, 1.807) is 0 Å². The first kappa shape index (κ1) is 17.7. The van der Waals surface area contributed by atoms with Crippen LogP contribution in [-0.2, 0) is 6.18 Å². The van der Waals surface area contributed by atoms with E-state index >= 15 is 0 Å². The van der Waals surface area contributed by atoms with Crippen LogP contribution in [0, 0.1) is 21.4 Å². The van der Waals surface area contributed by atoms with Gasteiger partial charge in [0, 0.05) is 12.1 Å². The van der Waals surface area contributed by atoms with Crippen molar-refractivity contribution < 1.29 is 22.9 Å². The molecule has 128 valence electrons. The Morgan fingerprint density at radius 2 is 2.00 bits per heavy atom. The lowest BCUT2D eigenvalue weighted by Crippen LogP contribution is -2.39. The summed E-state index contributed by atoms with van der Waals surface area (Å²) in [7, 11) is 0. The molecule has 0 aliphatic heterocycles. The maximum atomic E-state index is 12.7. The Kier molecular flexibility index (Phi) is 5.07. The van der Waals surface area contributed by atoms with Crippen molar-refractivity contribution in [1.82, 2.24) is 4.90 Å². The third kappa shape index (κ3) is 3.64.